The summed E-state index contributed by atoms with van der Waals surface area (Å²) in [6, 6.07) is 1.73. The van der Waals surface area contributed by atoms with E-state index in [1.807, 2.05) is 13.0 Å². The van der Waals surface area contributed by atoms with E-state index in [4.69, 9.17) is 0 Å². The molecular weight excluding hydrogens is 178 g/mol. The second-order valence-corrected chi connectivity index (χ2v) is 3.53. The molecule has 4 nitrogen and oxygen atoms in total. The van der Waals surface area contributed by atoms with Gasteiger partial charge in [0.1, 0.15) is 6.04 Å². The Kier molecular flexibility index (Phi) is 3.28. The topological polar surface area (TPSA) is 38.1 Å². The van der Waals surface area contributed by atoms with Gasteiger partial charge in [0.2, 0.25) is 5.91 Å². The lowest BCUT2D eigenvalue weighted by atomic mass is 10.2. The van der Waals surface area contributed by atoms with Gasteiger partial charge in [0.05, 0.1) is 0 Å². The maximum absolute atomic E-state index is 11.7. The van der Waals surface area contributed by atoms with Crippen molar-refractivity contribution in [2.75, 3.05) is 14.1 Å². The van der Waals surface area contributed by atoms with Gasteiger partial charge in [0.25, 0.3) is 0 Å². The molecule has 0 aliphatic heterocycles. The molecule has 0 fully saturated rings. The number of hydrogen-bond acceptors (Lipinski definition) is 2. The summed E-state index contributed by atoms with van der Waals surface area (Å²) in [6.07, 6.45) is 2.63. The van der Waals surface area contributed by atoms with Gasteiger partial charge in [-0.05, 0) is 19.4 Å². The monoisotopic (exact) mass is 195 g/mol. The highest BCUT2D eigenvalue weighted by molar-refractivity contribution is 5.79. The summed E-state index contributed by atoms with van der Waals surface area (Å²) < 4.78 is 1.78. The molecule has 4 heteroatoms. The molecule has 1 unspecified atom stereocenters. The Morgan fingerprint density at radius 3 is 2.79 bits per heavy atom. The second-order valence-electron chi connectivity index (χ2n) is 3.53. The minimum atomic E-state index is -0.213. The third-order valence-corrected chi connectivity index (χ3v) is 2.28. The van der Waals surface area contributed by atoms with Gasteiger partial charge in [-0.25, -0.2) is 0 Å². The molecule has 0 aliphatic carbocycles. The van der Waals surface area contributed by atoms with Crippen LogP contribution in [0.4, 0.5) is 0 Å². The van der Waals surface area contributed by atoms with Gasteiger partial charge in [0.15, 0.2) is 0 Å². The Balaban J connectivity index is 2.88. The average molecular weight is 195 g/mol. The fourth-order valence-electron chi connectivity index (χ4n) is 1.45. The average Bonchev–Trinajstić information content (AvgIpc) is 2.62. The lowest BCUT2D eigenvalue weighted by Crippen LogP contribution is -2.31. The molecule has 0 aromatic carbocycles. The predicted molar refractivity (Wildman–Crippen MR) is 55.0 cm³/mol. The number of hydrogen-bond donors (Lipinski definition) is 0. The molecule has 0 saturated carbocycles. The van der Waals surface area contributed by atoms with Gasteiger partial charge in [-0.15, -0.1) is 0 Å². The Labute approximate surface area is 84.5 Å². The van der Waals surface area contributed by atoms with Crippen molar-refractivity contribution in [3.8, 4) is 0 Å². The summed E-state index contributed by atoms with van der Waals surface area (Å²) in [5.41, 5.74) is 1.09. The zero-order chi connectivity index (χ0) is 10.7. The van der Waals surface area contributed by atoms with Crippen LogP contribution in [0.25, 0.3) is 0 Å². The lowest BCUT2D eigenvalue weighted by Gasteiger charge is -2.18. The predicted octanol–water partition coefficient (Wildman–Crippen LogP) is 1.09. The molecule has 0 aliphatic rings. The summed E-state index contributed by atoms with van der Waals surface area (Å²) in [5.74, 6) is 0.0726. The summed E-state index contributed by atoms with van der Waals surface area (Å²) in [4.78, 5) is 13.3. The molecule has 1 aromatic heterocycles. The number of aryl methyl sites for hydroxylation is 1. The van der Waals surface area contributed by atoms with Crippen molar-refractivity contribution in [3.05, 3.63) is 18.0 Å². The quantitative estimate of drug-likeness (QED) is 0.724. The van der Waals surface area contributed by atoms with Gasteiger partial charge >= 0.3 is 0 Å². The third-order valence-electron chi connectivity index (χ3n) is 2.28. The zero-order valence-electron chi connectivity index (χ0n) is 9.19. The summed E-state index contributed by atoms with van der Waals surface area (Å²) in [6.45, 7) is 3.93. The molecular formula is C10H17N3O. The fourth-order valence-corrected chi connectivity index (χ4v) is 1.45. The zero-order valence-corrected chi connectivity index (χ0v) is 9.19. The Hall–Kier alpha value is -1.32. The van der Waals surface area contributed by atoms with Crippen molar-refractivity contribution >= 4 is 5.91 Å². The minimum Gasteiger partial charge on any atom is -0.347 e. The van der Waals surface area contributed by atoms with E-state index in [1.165, 1.54) is 0 Å². The molecule has 0 N–H and O–H groups in total. The lowest BCUT2D eigenvalue weighted by molar-refractivity contribution is -0.132. The van der Waals surface area contributed by atoms with Crippen LogP contribution in [0.15, 0.2) is 12.3 Å². The minimum absolute atomic E-state index is 0.0726. The maximum Gasteiger partial charge on any atom is 0.246 e. The molecule has 0 spiro atoms. The van der Waals surface area contributed by atoms with Crippen LogP contribution in [0, 0.1) is 0 Å². The van der Waals surface area contributed by atoms with Crippen molar-refractivity contribution < 1.29 is 4.79 Å². The van der Waals surface area contributed by atoms with Gasteiger partial charge in [-0.1, -0.05) is 6.92 Å². The van der Waals surface area contributed by atoms with Crippen molar-refractivity contribution in [1.82, 2.24) is 14.7 Å². The molecule has 0 saturated heterocycles. The van der Waals surface area contributed by atoms with Gasteiger partial charge in [-0.2, -0.15) is 5.10 Å². The molecule has 1 atom stereocenters. The maximum atomic E-state index is 11.7. The number of amides is 1. The highest BCUT2D eigenvalue weighted by Gasteiger charge is 2.18. The molecule has 0 bridgehead atoms. The first kappa shape index (κ1) is 10.8. The molecule has 14 heavy (non-hydrogen) atoms. The highest BCUT2D eigenvalue weighted by Crippen LogP contribution is 2.11. The van der Waals surface area contributed by atoms with Crippen LogP contribution in [0.1, 0.15) is 25.6 Å². The van der Waals surface area contributed by atoms with Gasteiger partial charge in [-0.3, -0.25) is 9.48 Å². The van der Waals surface area contributed by atoms with E-state index in [1.54, 1.807) is 29.9 Å². The van der Waals surface area contributed by atoms with Crippen molar-refractivity contribution in [1.29, 1.82) is 0 Å². The number of carbonyl (C=O) groups is 1. The van der Waals surface area contributed by atoms with E-state index >= 15 is 0 Å². The Morgan fingerprint density at radius 2 is 2.29 bits per heavy atom. The largest absolute Gasteiger partial charge is 0.347 e. The standard InChI is InChI=1S/C10H17N3O/c1-5-9-6-7-11-13(9)8(2)10(14)12(3)4/h6-8H,5H2,1-4H3. The van der Waals surface area contributed by atoms with Crippen LogP contribution in [-0.4, -0.2) is 34.7 Å². The number of nitrogens with zero attached hydrogens (tertiary/aromatic N) is 3. The normalized spacial score (nSPS) is 12.6. The van der Waals surface area contributed by atoms with Crippen molar-refractivity contribution in [3.63, 3.8) is 0 Å². The number of rotatable bonds is 3. The van der Waals surface area contributed by atoms with Crippen LogP contribution in [-0.2, 0) is 11.2 Å². The van der Waals surface area contributed by atoms with Crippen LogP contribution in [0.5, 0.6) is 0 Å². The van der Waals surface area contributed by atoms with Gasteiger partial charge in [0, 0.05) is 26.0 Å². The fraction of sp³-hybridized carbons (Fsp3) is 0.600. The Bertz CT molecular complexity index is 317. The van der Waals surface area contributed by atoms with Crippen molar-refractivity contribution in [2.45, 2.75) is 26.3 Å². The highest BCUT2D eigenvalue weighted by atomic mass is 16.2. The summed E-state index contributed by atoms with van der Waals surface area (Å²) >= 11 is 0. The SMILES string of the molecule is CCc1ccnn1C(C)C(=O)N(C)C. The van der Waals surface area contributed by atoms with Crippen LogP contribution < -0.4 is 0 Å². The van der Waals surface area contributed by atoms with Crippen LogP contribution >= 0.6 is 0 Å². The summed E-state index contributed by atoms with van der Waals surface area (Å²) in [5, 5.41) is 4.16. The molecule has 1 amide bonds. The van der Waals surface area contributed by atoms with Crippen LogP contribution in [0.2, 0.25) is 0 Å². The van der Waals surface area contributed by atoms with E-state index in [0.29, 0.717) is 0 Å². The van der Waals surface area contributed by atoms with E-state index in [0.717, 1.165) is 12.1 Å². The first-order valence-electron chi connectivity index (χ1n) is 4.81. The first-order chi connectivity index (χ1) is 6.57. The Morgan fingerprint density at radius 1 is 1.64 bits per heavy atom. The number of likely N-dealkylation sites (N-methyl/N-ethyl adjacent to an activating group) is 1. The molecule has 78 valence electrons. The van der Waals surface area contributed by atoms with Gasteiger partial charge < -0.3 is 4.90 Å². The van der Waals surface area contributed by atoms with E-state index < -0.39 is 0 Å². The molecule has 1 rings (SSSR count). The van der Waals surface area contributed by atoms with E-state index in [-0.39, 0.29) is 11.9 Å². The number of carbonyl (C=O) groups excluding carboxylic acids is 1. The summed E-state index contributed by atoms with van der Waals surface area (Å²) in [7, 11) is 3.52. The second kappa shape index (κ2) is 4.26. The smallest absolute Gasteiger partial charge is 0.246 e. The molecule has 1 heterocycles. The molecule has 0 radical (unpaired) electrons. The molecule has 1 aromatic rings. The van der Waals surface area contributed by atoms with Crippen LogP contribution in [0.3, 0.4) is 0 Å². The van der Waals surface area contributed by atoms with E-state index in [9.17, 15) is 4.79 Å². The number of aromatic nitrogens is 2. The first-order valence-corrected chi connectivity index (χ1v) is 4.81. The van der Waals surface area contributed by atoms with E-state index in [2.05, 4.69) is 12.0 Å². The third kappa shape index (κ3) is 1.95. The van der Waals surface area contributed by atoms with Crippen molar-refractivity contribution in [2.24, 2.45) is 0 Å².